The molecule has 1 saturated carbocycles. The van der Waals surface area contributed by atoms with E-state index in [1.165, 1.54) is 31.0 Å². The molecule has 6 heteroatoms. The Kier molecular flexibility index (Phi) is 4.87. The minimum absolute atomic E-state index is 0.0845. The summed E-state index contributed by atoms with van der Waals surface area (Å²) in [6, 6.07) is 16.4. The minimum atomic E-state index is 0.0845. The Hall–Kier alpha value is -2.60. The third kappa shape index (κ3) is 3.46. The van der Waals surface area contributed by atoms with Crippen molar-refractivity contribution < 1.29 is 4.79 Å². The highest BCUT2D eigenvalue weighted by Gasteiger charge is 2.23. The van der Waals surface area contributed by atoms with Gasteiger partial charge in [0, 0.05) is 11.4 Å². The van der Waals surface area contributed by atoms with Crippen molar-refractivity contribution in [2.45, 2.75) is 43.8 Å². The molecule has 2 aromatic heterocycles. The first kappa shape index (κ1) is 18.4. The Bertz CT molecular complexity index is 1200. The SMILES string of the molecule is CC1CCCCC1NC(=O)CSc1nc2ccccc2c2nc3ccccc3n12. The van der Waals surface area contributed by atoms with E-state index in [9.17, 15) is 4.79 Å². The number of carbonyl (C=O) groups excluding carboxylic acids is 1. The average molecular weight is 405 g/mol. The lowest BCUT2D eigenvalue weighted by molar-refractivity contribution is -0.119. The molecular weight excluding hydrogens is 380 g/mol. The van der Waals surface area contributed by atoms with Crippen molar-refractivity contribution in [3.05, 3.63) is 48.5 Å². The van der Waals surface area contributed by atoms with Gasteiger partial charge in [0.05, 0.1) is 22.3 Å². The van der Waals surface area contributed by atoms with Crippen LogP contribution in [-0.2, 0) is 4.79 Å². The quantitative estimate of drug-likeness (QED) is 0.391. The second-order valence-corrected chi connectivity index (χ2v) is 8.84. The number of imidazole rings is 1. The Morgan fingerprint density at radius 1 is 1.07 bits per heavy atom. The molecule has 0 saturated heterocycles. The van der Waals surface area contributed by atoms with Gasteiger partial charge in [0.15, 0.2) is 5.16 Å². The van der Waals surface area contributed by atoms with Gasteiger partial charge in [0.2, 0.25) is 5.91 Å². The molecule has 1 fully saturated rings. The van der Waals surface area contributed by atoms with Crippen molar-refractivity contribution in [1.82, 2.24) is 19.7 Å². The molecule has 1 N–H and O–H groups in total. The van der Waals surface area contributed by atoms with Crippen LogP contribution in [-0.4, -0.2) is 32.1 Å². The number of aromatic nitrogens is 3. The van der Waals surface area contributed by atoms with Gasteiger partial charge in [-0.05, 0) is 43.0 Å². The van der Waals surface area contributed by atoms with Crippen LogP contribution in [0.1, 0.15) is 32.6 Å². The highest BCUT2D eigenvalue weighted by atomic mass is 32.2. The van der Waals surface area contributed by atoms with Crippen molar-refractivity contribution >= 4 is 45.3 Å². The smallest absolute Gasteiger partial charge is 0.230 e. The Labute approximate surface area is 173 Å². The third-order valence-electron chi connectivity index (χ3n) is 5.90. The molecule has 4 aromatic rings. The van der Waals surface area contributed by atoms with Crippen LogP contribution < -0.4 is 5.32 Å². The van der Waals surface area contributed by atoms with Crippen LogP contribution in [0.2, 0.25) is 0 Å². The lowest BCUT2D eigenvalue weighted by atomic mass is 9.86. The number of hydrogen-bond donors (Lipinski definition) is 1. The predicted molar refractivity (Wildman–Crippen MR) is 118 cm³/mol. The molecule has 5 rings (SSSR count). The molecule has 29 heavy (non-hydrogen) atoms. The van der Waals surface area contributed by atoms with Crippen molar-refractivity contribution in [1.29, 1.82) is 0 Å². The second-order valence-electron chi connectivity index (χ2n) is 7.90. The zero-order valence-corrected chi connectivity index (χ0v) is 17.3. The second kappa shape index (κ2) is 7.67. The van der Waals surface area contributed by atoms with Crippen LogP contribution in [0.25, 0.3) is 27.6 Å². The van der Waals surface area contributed by atoms with Crippen LogP contribution >= 0.6 is 11.8 Å². The minimum Gasteiger partial charge on any atom is -0.352 e. The highest BCUT2D eigenvalue weighted by Crippen LogP contribution is 2.29. The maximum Gasteiger partial charge on any atom is 0.230 e. The van der Waals surface area contributed by atoms with E-state index in [-0.39, 0.29) is 5.91 Å². The van der Waals surface area contributed by atoms with Crippen LogP contribution in [0.5, 0.6) is 0 Å². The number of fused-ring (bicyclic) bond motifs is 5. The fraction of sp³-hybridized carbons (Fsp3) is 0.348. The monoisotopic (exact) mass is 404 g/mol. The van der Waals surface area contributed by atoms with Crippen molar-refractivity contribution in [3.8, 4) is 0 Å². The molecule has 5 nitrogen and oxygen atoms in total. The number of amides is 1. The first-order chi connectivity index (χ1) is 14.2. The topological polar surface area (TPSA) is 59.3 Å². The van der Waals surface area contributed by atoms with E-state index in [0.29, 0.717) is 17.7 Å². The summed E-state index contributed by atoms with van der Waals surface area (Å²) in [7, 11) is 0. The number of hydrogen-bond acceptors (Lipinski definition) is 4. The average Bonchev–Trinajstić information content (AvgIpc) is 3.14. The maximum atomic E-state index is 12.6. The zero-order valence-electron chi connectivity index (χ0n) is 16.5. The number of rotatable bonds is 4. The van der Waals surface area contributed by atoms with Gasteiger partial charge in [-0.2, -0.15) is 0 Å². The van der Waals surface area contributed by atoms with Crippen LogP contribution in [0.3, 0.4) is 0 Å². The zero-order chi connectivity index (χ0) is 19.8. The van der Waals surface area contributed by atoms with Gasteiger partial charge in [0.25, 0.3) is 0 Å². The Morgan fingerprint density at radius 3 is 2.69 bits per heavy atom. The van der Waals surface area contributed by atoms with E-state index in [1.807, 2.05) is 36.4 Å². The summed E-state index contributed by atoms with van der Waals surface area (Å²) in [6.45, 7) is 2.24. The van der Waals surface area contributed by atoms with Gasteiger partial charge in [0.1, 0.15) is 5.65 Å². The van der Waals surface area contributed by atoms with Crippen molar-refractivity contribution in [3.63, 3.8) is 0 Å². The first-order valence-electron chi connectivity index (χ1n) is 10.3. The molecule has 1 aliphatic carbocycles. The number of para-hydroxylation sites is 3. The normalized spacial score (nSPS) is 19.8. The standard InChI is InChI=1S/C23H24N4OS/c1-15-8-2-4-10-17(15)24-21(28)14-29-23-26-18-11-5-3-9-16(18)22-25-19-12-6-7-13-20(19)27(22)23/h3,5-7,9,11-13,15,17H,2,4,8,10,14H2,1H3,(H,24,28). The molecular formula is C23H24N4OS. The summed E-state index contributed by atoms with van der Waals surface area (Å²) in [6.07, 6.45) is 4.76. The highest BCUT2D eigenvalue weighted by molar-refractivity contribution is 7.99. The lowest BCUT2D eigenvalue weighted by Gasteiger charge is -2.29. The molecule has 2 aromatic carbocycles. The predicted octanol–water partition coefficient (Wildman–Crippen LogP) is 4.82. The third-order valence-corrected chi connectivity index (χ3v) is 6.84. The summed E-state index contributed by atoms with van der Waals surface area (Å²) in [5.41, 5.74) is 3.75. The van der Waals surface area contributed by atoms with Gasteiger partial charge in [-0.15, -0.1) is 0 Å². The molecule has 0 radical (unpaired) electrons. The summed E-state index contributed by atoms with van der Waals surface area (Å²) in [4.78, 5) is 22.4. The van der Waals surface area contributed by atoms with Gasteiger partial charge >= 0.3 is 0 Å². The summed E-state index contributed by atoms with van der Waals surface area (Å²) < 4.78 is 2.08. The Morgan fingerprint density at radius 2 is 1.83 bits per heavy atom. The fourth-order valence-corrected chi connectivity index (χ4v) is 5.14. The summed E-state index contributed by atoms with van der Waals surface area (Å²) in [5, 5.41) is 5.07. The van der Waals surface area contributed by atoms with Crippen LogP contribution in [0.15, 0.2) is 53.7 Å². The van der Waals surface area contributed by atoms with Crippen molar-refractivity contribution in [2.75, 3.05) is 5.75 Å². The van der Waals surface area contributed by atoms with Gasteiger partial charge in [-0.1, -0.05) is 55.8 Å². The summed E-state index contributed by atoms with van der Waals surface area (Å²) in [5.74, 6) is 0.998. The van der Waals surface area contributed by atoms with E-state index in [2.05, 4.69) is 28.8 Å². The van der Waals surface area contributed by atoms with Gasteiger partial charge in [-0.25, -0.2) is 9.97 Å². The maximum absolute atomic E-state index is 12.6. The molecule has 2 heterocycles. The van der Waals surface area contributed by atoms with Gasteiger partial charge in [-0.3, -0.25) is 9.20 Å². The number of benzene rings is 2. The largest absolute Gasteiger partial charge is 0.352 e. The first-order valence-corrected chi connectivity index (χ1v) is 11.3. The van der Waals surface area contributed by atoms with E-state index in [0.717, 1.165) is 39.2 Å². The fourth-order valence-electron chi connectivity index (χ4n) is 4.32. The van der Waals surface area contributed by atoms with E-state index in [4.69, 9.17) is 9.97 Å². The lowest BCUT2D eigenvalue weighted by Crippen LogP contribution is -2.41. The molecule has 148 valence electrons. The molecule has 2 atom stereocenters. The van der Waals surface area contributed by atoms with E-state index >= 15 is 0 Å². The molecule has 1 aliphatic rings. The van der Waals surface area contributed by atoms with Crippen LogP contribution in [0.4, 0.5) is 0 Å². The number of carbonyl (C=O) groups is 1. The molecule has 0 aliphatic heterocycles. The van der Waals surface area contributed by atoms with E-state index < -0.39 is 0 Å². The van der Waals surface area contributed by atoms with Gasteiger partial charge < -0.3 is 5.32 Å². The molecule has 1 amide bonds. The number of thioether (sulfide) groups is 1. The van der Waals surface area contributed by atoms with Crippen LogP contribution in [0, 0.1) is 5.92 Å². The molecule has 2 unspecified atom stereocenters. The Balaban J connectivity index is 1.48. The number of nitrogens with one attached hydrogen (secondary N) is 1. The van der Waals surface area contributed by atoms with E-state index in [1.54, 1.807) is 0 Å². The molecule has 0 bridgehead atoms. The molecule has 0 spiro atoms. The summed E-state index contributed by atoms with van der Waals surface area (Å²) >= 11 is 1.48. The number of nitrogens with zero attached hydrogens (tertiary/aromatic N) is 3. The van der Waals surface area contributed by atoms with Crippen molar-refractivity contribution in [2.24, 2.45) is 5.92 Å².